The Balaban J connectivity index is 1.49. The number of aromatic nitrogens is 1. The maximum Gasteiger partial charge on any atom is 0.420 e. The molecule has 0 saturated heterocycles. The van der Waals surface area contributed by atoms with Crippen molar-refractivity contribution in [2.45, 2.75) is 13.1 Å². The number of amides is 1. The van der Waals surface area contributed by atoms with Crippen LogP contribution in [0.2, 0.25) is 0 Å². The van der Waals surface area contributed by atoms with Crippen LogP contribution < -0.4 is 20.1 Å². The first-order chi connectivity index (χ1) is 16.0. The van der Waals surface area contributed by atoms with Gasteiger partial charge in [-0.2, -0.15) is 0 Å². The Labute approximate surface area is 190 Å². The summed E-state index contributed by atoms with van der Waals surface area (Å²) < 4.78 is 17.5. The molecule has 168 valence electrons. The molecule has 0 aliphatic carbocycles. The maximum atomic E-state index is 13.4. The van der Waals surface area contributed by atoms with E-state index in [-0.39, 0.29) is 23.7 Å². The van der Waals surface area contributed by atoms with E-state index in [0.717, 1.165) is 4.88 Å². The normalized spacial score (nSPS) is 12.6. The summed E-state index contributed by atoms with van der Waals surface area (Å²) in [6.45, 7) is 0.867. The predicted octanol–water partition coefficient (Wildman–Crippen LogP) is 3.57. The van der Waals surface area contributed by atoms with Crippen LogP contribution in [0, 0.1) is 10.1 Å². The molecule has 0 radical (unpaired) electrons. The number of rotatable bonds is 6. The van der Waals surface area contributed by atoms with Crippen LogP contribution in [0.25, 0.3) is 11.1 Å². The van der Waals surface area contributed by atoms with Gasteiger partial charge in [0.05, 0.1) is 23.1 Å². The third kappa shape index (κ3) is 4.05. The summed E-state index contributed by atoms with van der Waals surface area (Å²) in [5, 5.41) is 12.9. The van der Waals surface area contributed by atoms with Crippen molar-refractivity contribution in [2.75, 3.05) is 18.1 Å². The highest BCUT2D eigenvalue weighted by molar-refractivity contribution is 7.09. The summed E-state index contributed by atoms with van der Waals surface area (Å²) in [5.74, 6) is 0.0217. The van der Waals surface area contributed by atoms with Crippen molar-refractivity contribution in [1.82, 2.24) is 4.57 Å². The minimum absolute atomic E-state index is 0.0473. The zero-order chi connectivity index (χ0) is 22.9. The van der Waals surface area contributed by atoms with Gasteiger partial charge in [-0.3, -0.25) is 19.5 Å². The molecule has 1 amide bonds. The molecule has 11 heteroatoms. The van der Waals surface area contributed by atoms with Crippen molar-refractivity contribution in [3.8, 4) is 11.5 Å². The number of ether oxygens (including phenoxy) is 2. The van der Waals surface area contributed by atoms with Crippen LogP contribution >= 0.6 is 11.3 Å². The van der Waals surface area contributed by atoms with Crippen LogP contribution in [-0.4, -0.2) is 28.6 Å². The smallest absolute Gasteiger partial charge is 0.420 e. The van der Waals surface area contributed by atoms with Crippen LogP contribution in [-0.2, 0) is 17.9 Å². The first-order valence-electron chi connectivity index (χ1n) is 10.00. The van der Waals surface area contributed by atoms with E-state index < -0.39 is 10.7 Å². The Hall–Kier alpha value is -4.12. The quantitative estimate of drug-likeness (QED) is 0.314. The second-order valence-electron chi connectivity index (χ2n) is 7.25. The number of nitro benzene ring substituents is 1. The Morgan fingerprint density at radius 2 is 1.94 bits per heavy atom. The van der Waals surface area contributed by atoms with E-state index in [1.54, 1.807) is 23.1 Å². The number of oxazole rings is 1. The first-order valence-corrected chi connectivity index (χ1v) is 10.9. The number of hydrogen-bond acceptors (Lipinski definition) is 8. The molecule has 0 spiro atoms. The van der Waals surface area contributed by atoms with Gasteiger partial charge in [0.2, 0.25) is 5.91 Å². The highest BCUT2D eigenvalue weighted by Crippen LogP contribution is 2.35. The SMILES string of the molecule is O=C(Cn1c(=O)oc2cc([N+](=O)[O-])ccc21)N(Cc1cccs1)c1ccc2c(c1)OCCO2. The predicted molar refractivity (Wildman–Crippen MR) is 120 cm³/mol. The van der Waals surface area contributed by atoms with Gasteiger partial charge >= 0.3 is 5.76 Å². The fraction of sp³-hybridized carbons (Fsp3) is 0.182. The van der Waals surface area contributed by atoms with Gasteiger partial charge < -0.3 is 18.8 Å². The van der Waals surface area contributed by atoms with E-state index in [4.69, 9.17) is 13.9 Å². The third-order valence-electron chi connectivity index (χ3n) is 5.19. The van der Waals surface area contributed by atoms with E-state index in [1.165, 1.54) is 34.1 Å². The Morgan fingerprint density at radius 1 is 1.12 bits per heavy atom. The lowest BCUT2D eigenvalue weighted by atomic mass is 10.2. The standard InChI is InChI=1S/C22H17N3O7S/c26-21(13-24-17-5-3-15(25(28)29)11-19(17)32-22(24)27)23(12-16-2-1-9-33-16)14-4-6-18-20(10-14)31-8-7-30-18/h1-6,9-11H,7-8,12-13H2. The Bertz CT molecular complexity index is 1410. The Morgan fingerprint density at radius 3 is 2.70 bits per heavy atom. The van der Waals surface area contributed by atoms with Crippen LogP contribution in [0.4, 0.5) is 11.4 Å². The maximum absolute atomic E-state index is 13.4. The number of carbonyl (C=O) groups is 1. The van der Waals surface area contributed by atoms with E-state index in [2.05, 4.69) is 0 Å². The Kier molecular flexibility index (Phi) is 5.31. The number of carbonyl (C=O) groups excluding carboxylic acids is 1. The molecule has 1 aliphatic heterocycles. The minimum atomic E-state index is -0.767. The van der Waals surface area contributed by atoms with Gasteiger partial charge in [0.1, 0.15) is 19.8 Å². The van der Waals surface area contributed by atoms with Gasteiger partial charge in [0, 0.05) is 22.7 Å². The molecule has 5 rings (SSSR count). The molecule has 0 N–H and O–H groups in total. The van der Waals surface area contributed by atoms with Crippen molar-refractivity contribution in [1.29, 1.82) is 0 Å². The van der Waals surface area contributed by atoms with E-state index in [9.17, 15) is 19.7 Å². The molecule has 2 aromatic heterocycles. The molecule has 0 unspecified atom stereocenters. The third-order valence-corrected chi connectivity index (χ3v) is 6.05. The average Bonchev–Trinajstić information content (AvgIpc) is 3.44. The summed E-state index contributed by atoms with van der Waals surface area (Å²) in [6.07, 6.45) is 0. The van der Waals surface area contributed by atoms with Gasteiger partial charge in [-0.25, -0.2) is 4.79 Å². The molecule has 1 aliphatic rings. The van der Waals surface area contributed by atoms with E-state index >= 15 is 0 Å². The lowest BCUT2D eigenvalue weighted by Crippen LogP contribution is -2.35. The average molecular weight is 467 g/mol. The topological polar surface area (TPSA) is 117 Å². The van der Waals surface area contributed by atoms with Gasteiger partial charge in [0.15, 0.2) is 17.1 Å². The first kappa shape index (κ1) is 20.8. The number of non-ortho nitro benzene ring substituents is 1. The molecule has 3 heterocycles. The summed E-state index contributed by atoms with van der Waals surface area (Å²) >= 11 is 1.51. The lowest BCUT2D eigenvalue weighted by Gasteiger charge is -2.25. The molecule has 2 aromatic carbocycles. The summed E-state index contributed by atoms with van der Waals surface area (Å²) in [7, 11) is 0. The molecule has 33 heavy (non-hydrogen) atoms. The summed E-state index contributed by atoms with van der Waals surface area (Å²) in [4.78, 5) is 38.8. The molecule has 0 bridgehead atoms. The molecule has 0 saturated carbocycles. The minimum Gasteiger partial charge on any atom is -0.486 e. The number of anilines is 1. The van der Waals surface area contributed by atoms with Crippen LogP contribution in [0.1, 0.15) is 4.88 Å². The van der Waals surface area contributed by atoms with E-state index in [0.29, 0.717) is 42.5 Å². The monoisotopic (exact) mass is 467 g/mol. The van der Waals surface area contributed by atoms with Gasteiger partial charge in [-0.05, 0) is 29.6 Å². The van der Waals surface area contributed by atoms with Crippen molar-refractivity contribution in [3.05, 3.63) is 79.5 Å². The number of nitro groups is 1. The van der Waals surface area contributed by atoms with Gasteiger partial charge in [-0.1, -0.05) is 6.07 Å². The fourth-order valence-corrected chi connectivity index (χ4v) is 4.31. The lowest BCUT2D eigenvalue weighted by molar-refractivity contribution is -0.384. The molecule has 10 nitrogen and oxygen atoms in total. The zero-order valence-corrected chi connectivity index (χ0v) is 17.9. The molecule has 0 atom stereocenters. The molecule has 0 fully saturated rings. The van der Waals surface area contributed by atoms with Crippen molar-refractivity contribution in [2.24, 2.45) is 0 Å². The van der Waals surface area contributed by atoms with Crippen molar-refractivity contribution < 1.29 is 23.6 Å². The fourth-order valence-electron chi connectivity index (χ4n) is 3.62. The van der Waals surface area contributed by atoms with Crippen molar-refractivity contribution >= 4 is 39.7 Å². The highest BCUT2D eigenvalue weighted by Gasteiger charge is 2.23. The number of benzene rings is 2. The van der Waals surface area contributed by atoms with Crippen LogP contribution in [0.5, 0.6) is 11.5 Å². The largest absolute Gasteiger partial charge is 0.486 e. The summed E-state index contributed by atoms with van der Waals surface area (Å²) in [6, 6.07) is 12.9. The number of nitrogens with zero attached hydrogens (tertiary/aromatic N) is 3. The van der Waals surface area contributed by atoms with E-state index in [1.807, 2.05) is 17.5 Å². The highest BCUT2D eigenvalue weighted by atomic mass is 32.1. The van der Waals surface area contributed by atoms with Gasteiger partial charge in [-0.15, -0.1) is 11.3 Å². The second-order valence-corrected chi connectivity index (χ2v) is 8.28. The molecular formula is C22H17N3O7S. The number of thiophene rings is 1. The molecular weight excluding hydrogens is 450 g/mol. The number of hydrogen-bond donors (Lipinski definition) is 0. The molecule has 4 aromatic rings. The van der Waals surface area contributed by atoms with Crippen LogP contribution in [0.15, 0.2) is 63.1 Å². The second kappa shape index (κ2) is 8.43. The summed E-state index contributed by atoms with van der Waals surface area (Å²) in [5.41, 5.74) is 0.739. The van der Waals surface area contributed by atoms with Gasteiger partial charge in [0.25, 0.3) is 5.69 Å². The number of fused-ring (bicyclic) bond motifs is 2. The van der Waals surface area contributed by atoms with Crippen LogP contribution in [0.3, 0.4) is 0 Å². The van der Waals surface area contributed by atoms with Crippen molar-refractivity contribution in [3.63, 3.8) is 0 Å². The zero-order valence-electron chi connectivity index (χ0n) is 17.1.